The number of carbonyl (C=O) groups excluding carboxylic acids is 3. The molecule has 119 heavy (non-hydrogen) atoms. The molecule has 15 rings (SSSR count). The molecule has 0 aromatic carbocycles. The van der Waals surface area contributed by atoms with Gasteiger partial charge < -0.3 is 140 Å². The van der Waals surface area contributed by atoms with Crippen molar-refractivity contribution >= 4 is 135 Å². The van der Waals surface area contributed by atoms with Crippen LogP contribution < -0.4 is 80.2 Å². The minimum atomic E-state index is -1.30. The minimum absolute atomic E-state index is 0.0546. The number of aliphatic hydroxyl groups excluding tert-OH is 9. The summed E-state index contributed by atoms with van der Waals surface area (Å²) < 4.78 is 38.9. The van der Waals surface area contributed by atoms with Crippen LogP contribution in [0.25, 0.3) is 0 Å². The second kappa shape index (κ2) is 37.8. The molecule has 4 aromatic heterocycles. The number of aromatic nitrogens is 8. The number of nitrogens with two attached hydrogens (primary N) is 7. The number of esters is 3. The average Bonchev–Trinajstić information content (AvgIpc) is 1.61. The molecule has 9 aliphatic heterocycles. The maximum atomic E-state index is 12.1. The van der Waals surface area contributed by atoms with Gasteiger partial charge in [-0.05, 0) is 56.3 Å². The number of rotatable bonds is 23. The number of thioether (sulfide) groups is 4. The van der Waals surface area contributed by atoms with Gasteiger partial charge in [-0.15, -0.1) is 0 Å². The van der Waals surface area contributed by atoms with Crippen molar-refractivity contribution in [1.29, 1.82) is 0 Å². The van der Waals surface area contributed by atoms with E-state index in [9.17, 15) is 60.3 Å². The average molecular weight is 1740 g/mol. The van der Waals surface area contributed by atoms with E-state index < -0.39 is 141 Å². The normalized spacial score (nSPS) is 28.8. The molecule has 5 saturated heterocycles. The van der Waals surface area contributed by atoms with Gasteiger partial charge in [-0.2, -0.15) is 39.9 Å². The predicted octanol–water partition coefficient (Wildman–Crippen LogP) is -0.278. The van der Waals surface area contributed by atoms with Crippen LogP contribution in [0, 0.1) is 17.8 Å². The molecule has 4 aromatic rings. The van der Waals surface area contributed by atoms with Crippen molar-refractivity contribution in [2.24, 2.45) is 35.0 Å². The van der Waals surface area contributed by atoms with Gasteiger partial charge in [0.05, 0.1) is 46.3 Å². The summed E-state index contributed by atoms with van der Waals surface area (Å²) in [7, 11) is 3.65. The fraction of sp³-hybridized carbons (Fsp3) is 0.630. The largest absolute Gasteiger partial charge is 0.462 e. The summed E-state index contributed by atoms with van der Waals surface area (Å²) in [5, 5.41) is 102. The van der Waals surface area contributed by atoms with Gasteiger partial charge in [-0.1, -0.05) is 128 Å². The zero-order valence-electron chi connectivity index (χ0n) is 67.1. The highest BCUT2D eigenvalue weighted by molar-refractivity contribution is 8.04. The van der Waals surface area contributed by atoms with Crippen molar-refractivity contribution in [1.82, 2.24) is 39.9 Å². The first-order valence-electron chi connectivity index (χ1n) is 39.1. The number of carbonyl (C=O) groups is 3. The Hall–Kier alpha value is -7.95. The Balaban J connectivity index is 0.000000146. The van der Waals surface area contributed by atoms with Crippen molar-refractivity contribution in [3.05, 3.63) is 46.4 Å². The van der Waals surface area contributed by atoms with Crippen LogP contribution in [0.1, 0.15) is 92.9 Å². The van der Waals surface area contributed by atoms with Crippen LogP contribution in [0.5, 0.6) is 0 Å². The highest BCUT2D eigenvalue weighted by Crippen LogP contribution is 2.55. The summed E-state index contributed by atoms with van der Waals surface area (Å²) in [6.07, 6.45) is -8.88. The van der Waals surface area contributed by atoms with Gasteiger partial charge in [0.1, 0.15) is 129 Å². The van der Waals surface area contributed by atoms with E-state index >= 15 is 0 Å². The third kappa shape index (κ3) is 19.3. The van der Waals surface area contributed by atoms with E-state index in [0.717, 1.165) is 72.1 Å². The fourth-order valence-corrected chi connectivity index (χ4v) is 18.3. The van der Waals surface area contributed by atoms with Gasteiger partial charge in [0.15, 0.2) is 54.0 Å². The molecular weight excluding hydrogens is 1630 g/mol. The summed E-state index contributed by atoms with van der Waals surface area (Å²) in [6.45, 7) is 27.6. The van der Waals surface area contributed by atoms with Gasteiger partial charge in [-0.25, -0.2) is 0 Å². The Morgan fingerprint density at radius 1 is 0.437 bits per heavy atom. The quantitative estimate of drug-likeness (QED) is 0.0335. The first-order valence-corrected chi connectivity index (χ1v) is 42.4. The summed E-state index contributed by atoms with van der Waals surface area (Å²) >= 11 is 5.39. The Labute approximate surface area is 703 Å². The van der Waals surface area contributed by atoms with Crippen LogP contribution in [-0.4, -0.2) is 286 Å². The van der Waals surface area contributed by atoms with Crippen LogP contribution in [-0.2, 0) is 47.5 Å². The molecule has 7 fully saturated rings. The topological polar surface area (TPSA) is 627 Å². The van der Waals surface area contributed by atoms with Crippen molar-refractivity contribution in [3.8, 4) is 0 Å². The summed E-state index contributed by atoms with van der Waals surface area (Å²) in [4.78, 5) is 84.1. The molecule has 46 heteroatoms. The highest BCUT2D eigenvalue weighted by atomic mass is 32.2. The minimum Gasteiger partial charge on any atom is -0.462 e. The van der Waals surface area contributed by atoms with Crippen molar-refractivity contribution in [2.45, 2.75) is 241 Å². The van der Waals surface area contributed by atoms with E-state index in [0.29, 0.717) is 77.8 Å². The maximum absolute atomic E-state index is 12.1. The van der Waals surface area contributed by atoms with Crippen molar-refractivity contribution in [2.75, 3.05) is 117 Å². The Morgan fingerprint density at radius 3 is 1.07 bits per heavy atom. The molecule has 0 radical (unpaired) electrons. The maximum Gasteiger partial charge on any atom is 0.323 e. The van der Waals surface area contributed by atoms with E-state index in [1.165, 1.54) is 59.9 Å². The SMILES string of the molecule is C=C1Sc2c(N(C)C)nc(N)nc2N1[C@@H]1O[C@H](COC(=O)[C@@H](N)C(C)C)[C@@H](O)[C@H]1O.C=C1Sc2c(N3CCCC3)nc(N)nc2N1[C@@H]1O[C@H](COC(=O)[C@@H](N)C(C)C)[C@@H](O)[C@H]1O.C=C1Sc2c(NC3CC3)nc(N)nc2N1[C@@H]1O[C@H](CO)[C@@H](O)[C@H]1O.C=C1Sc2c(NC3CCCC3)nc(N)nc2N1[C@@H]1O[C@H](COC(=O)[C@@H](N)C(C)C)[C@@H](O)[C@H]1O. The lowest BCUT2D eigenvalue weighted by Crippen LogP contribution is -2.42. The number of aliphatic hydroxyl groups is 9. The molecule has 25 N–H and O–H groups in total. The summed E-state index contributed by atoms with van der Waals surface area (Å²) in [6, 6.07) is -1.64. The number of nitrogen functional groups attached to an aromatic ring is 4. The second-order valence-corrected chi connectivity index (χ2v) is 35.8. The van der Waals surface area contributed by atoms with Crippen LogP contribution in [0.15, 0.2) is 66.0 Å². The number of hydrogen-bond acceptors (Lipinski definition) is 46. The molecule has 19 atom stereocenters. The number of hydrogen-bond donors (Lipinski definition) is 18. The van der Waals surface area contributed by atoms with Gasteiger partial charge >= 0.3 is 17.9 Å². The number of ether oxygens (including phenoxy) is 7. The van der Waals surface area contributed by atoms with E-state index in [2.05, 4.69) is 81.7 Å². The molecular formula is C73H109N23O19S4. The van der Waals surface area contributed by atoms with E-state index in [1.807, 2.05) is 41.8 Å². The monoisotopic (exact) mass is 1740 g/mol. The lowest BCUT2D eigenvalue weighted by atomic mass is 10.1. The van der Waals surface area contributed by atoms with E-state index in [4.69, 9.17) is 73.3 Å². The Kier molecular flexibility index (Phi) is 28.7. The van der Waals surface area contributed by atoms with Crippen molar-refractivity contribution in [3.63, 3.8) is 0 Å². The molecule has 2 saturated carbocycles. The van der Waals surface area contributed by atoms with Gasteiger partial charge in [-0.3, -0.25) is 34.0 Å². The Bertz CT molecular complexity index is 4410. The number of fused-ring (bicyclic) bond motifs is 4. The molecule has 13 heterocycles. The third-order valence-corrected chi connectivity index (χ3v) is 25.4. The second-order valence-electron chi connectivity index (χ2n) is 31.4. The zero-order valence-corrected chi connectivity index (χ0v) is 70.4. The van der Waals surface area contributed by atoms with Crippen LogP contribution in [0.4, 0.5) is 70.3 Å². The molecule has 0 bridgehead atoms. The van der Waals surface area contributed by atoms with Crippen LogP contribution in [0.3, 0.4) is 0 Å². The molecule has 0 amide bonds. The highest BCUT2D eigenvalue weighted by Gasteiger charge is 2.55. The standard InChI is InChI=1S/C21H32N6O5S.C20H30N6O5S.C18H28N6O5S.C14H19N5O4S/c1-9(2)13(22)20(30)31-8-12-14(28)15(29)19(32-12)27-10(3)33-16-17(24-11-6-4-5-7-11)25-21(23)26-18(16)27;1-9(2)12(21)19(29)30-8-11-13(27)14(28)18(31-11)26-10(3)32-15-16(25-6-4-5-7-25)23-20(22)24-17(15)26;1-7(2)10(19)17(27)28-6-9-11(25)12(26)16(29-9)24-8(3)30-13-14(23(4)5)21-18(20)22-15(13)24;1-5-19(13-9(22)8(21)7(4-20)23-13)12-10(24-5)11(16-6-2-3-6)17-14(15)18-12/h9,11-15,19,28-29H,3-8,22H2,1-2H3,(H3,23,24,25,26);9,11-14,18,27-28H,3-8,21H2,1-2H3,(H2,22,23,24);7,9-12,16,25-26H,3,6,19H2,1-2,4-5H3,(H2,20,21,22);6-9,13,20-22H,1-4H2,(H3,15,16,17,18)/t12-,13+,14-,15-,19-;11-,12+,13-,14-,18-;9-,10+,11-,12-,16-;7-,8-,9-,13-/m1111/s1. The van der Waals surface area contributed by atoms with Crippen molar-refractivity contribution < 1.29 is 93.5 Å². The summed E-state index contributed by atoms with van der Waals surface area (Å²) in [5.41, 5.74) is 41.1. The number of nitrogens with zero attached hydrogens (tertiary/aromatic N) is 14. The van der Waals surface area contributed by atoms with E-state index in [-0.39, 0.29) is 61.4 Å². The van der Waals surface area contributed by atoms with Gasteiger partial charge in [0.2, 0.25) is 23.8 Å². The van der Waals surface area contributed by atoms with Gasteiger partial charge in [0, 0.05) is 39.3 Å². The van der Waals surface area contributed by atoms with E-state index in [1.54, 1.807) is 38.3 Å². The smallest absolute Gasteiger partial charge is 0.323 e. The third-order valence-electron chi connectivity index (χ3n) is 21.4. The first kappa shape index (κ1) is 90.3. The van der Waals surface area contributed by atoms with Crippen LogP contribution >= 0.6 is 47.0 Å². The molecule has 2 aliphatic carbocycles. The molecule has 0 spiro atoms. The molecule has 42 nitrogen and oxygen atoms in total. The van der Waals surface area contributed by atoms with Crippen LogP contribution in [0.2, 0.25) is 0 Å². The number of anilines is 12. The fourth-order valence-electron chi connectivity index (χ4n) is 14.3. The molecule has 0 unspecified atom stereocenters. The summed E-state index contributed by atoms with van der Waals surface area (Å²) in [5.74, 6) is 2.73. The lowest BCUT2D eigenvalue weighted by Gasteiger charge is -2.28. The zero-order chi connectivity index (χ0) is 86.3. The van der Waals surface area contributed by atoms with Gasteiger partial charge in [0.25, 0.3) is 0 Å². The lowest BCUT2D eigenvalue weighted by molar-refractivity contribution is -0.152. The first-order chi connectivity index (χ1) is 56.4. The molecule has 11 aliphatic rings. The predicted molar refractivity (Wildman–Crippen MR) is 445 cm³/mol. The Morgan fingerprint density at radius 2 is 0.731 bits per heavy atom. The number of nitrogens with one attached hydrogen (secondary N) is 2. The molecule has 654 valence electrons.